The molecule has 3 rings (SSSR count). The van der Waals surface area contributed by atoms with Gasteiger partial charge in [0.05, 0.1) is 15.4 Å². The zero-order valence-corrected chi connectivity index (χ0v) is 19.2. The summed E-state index contributed by atoms with van der Waals surface area (Å²) >= 11 is 5.82. The molecule has 2 aromatic carbocycles. The second-order valence-corrected chi connectivity index (χ2v) is 10.2. The highest BCUT2D eigenvalue weighted by atomic mass is 35.5. The lowest BCUT2D eigenvalue weighted by atomic mass is 10.1. The Morgan fingerprint density at radius 2 is 1.70 bits per heavy atom. The first-order chi connectivity index (χ1) is 15.5. The highest BCUT2D eigenvalue weighted by Gasteiger charge is 2.31. The number of hydrogen-bond donors (Lipinski definition) is 0. The summed E-state index contributed by atoms with van der Waals surface area (Å²) in [5, 5.41) is 11.0. The first-order valence-electron chi connectivity index (χ1n) is 10.3. The van der Waals surface area contributed by atoms with Gasteiger partial charge in [-0.15, -0.1) is 0 Å². The fourth-order valence-corrected chi connectivity index (χ4v) is 5.29. The van der Waals surface area contributed by atoms with Crippen molar-refractivity contribution < 1.29 is 26.5 Å². The minimum atomic E-state index is -4.50. The molecule has 0 spiro atoms. The number of nitro groups is 1. The monoisotopic (exact) mass is 505 g/mol. The normalized spacial score (nSPS) is 15.7. The fourth-order valence-electron chi connectivity index (χ4n) is 3.66. The Morgan fingerprint density at radius 3 is 2.27 bits per heavy atom. The standard InChI is InChI=1S/C21H23ClF3N3O4S/c22-19-9-8-18(14-20(19)28(29)30)33(31,32)27(13-12-26-10-2-1-3-11-26)15-16-4-6-17(7-5-16)21(23,24)25/h4-9,14H,1-3,10-13,15H2. The van der Waals surface area contributed by atoms with Crippen molar-refractivity contribution in [1.82, 2.24) is 9.21 Å². The van der Waals surface area contributed by atoms with Crippen LogP contribution in [0.4, 0.5) is 18.9 Å². The molecule has 1 aliphatic heterocycles. The number of hydrogen-bond acceptors (Lipinski definition) is 5. The van der Waals surface area contributed by atoms with E-state index in [2.05, 4.69) is 4.90 Å². The average molecular weight is 506 g/mol. The van der Waals surface area contributed by atoms with Crippen molar-refractivity contribution in [2.75, 3.05) is 26.2 Å². The van der Waals surface area contributed by atoms with Crippen molar-refractivity contribution in [3.8, 4) is 0 Å². The van der Waals surface area contributed by atoms with Crippen LogP contribution in [0.1, 0.15) is 30.4 Å². The van der Waals surface area contributed by atoms with Gasteiger partial charge in [0.25, 0.3) is 5.69 Å². The number of nitrogens with zero attached hydrogens (tertiary/aromatic N) is 3. The van der Waals surface area contributed by atoms with E-state index >= 15 is 0 Å². The average Bonchev–Trinajstić information content (AvgIpc) is 2.77. The molecule has 1 fully saturated rings. The van der Waals surface area contributed by atoms with Gasteiger partial charge in [-0.25, -0.2) is 8.42 Å². The van der Waals surface area contributed by atoms with E-state index in [0.29, 0.717) is 12.1 Å². The van der Waals surface area contributed by atoms with Crippen molar-refractivity contribution in [1.29, 1.82) is 0 Å². The molecule has 0 unspecified atom stereocenters. The van der Waals surface area contributed by atoms with E-state index in [1.54, 1.807) is 0 Å². The summed E-state index contributed by atoms with van der Waals surface area (Å²) in [6.07, 6.45) is -1.37. The number of piperidine rings is 1. The van der Waals surface area contributed by atoms with Crippen molar-refractivity contribution in [2.24, 2.45) is 0 Å². The summed E-state index contributed by atoms with van der Waals surface area (Å²) in [6.45, 7) is 2.02. The van der Waals surface area contributed by atoms with E-state index in [0.717, 1.165) is 60.9 Å². The van der Waals surface area contributed by atoms with E-state index in [9.17, 15) is 31.7 Å². The number of likely N-dealkylation sites (tertiary alicyclic amines) is 1. The summed E-state index contributed by atoms with van der Waals surface area (Å²) in [5.74, 6) is 0. The number of sulfonamides is 1. The van der Waals surface area contributed by atoms with Gasteiger partial charge >= 0.3 is 6.18 Å². The summed E-state index contributed by atoms with van der Waals surface area (Å²) < 4.78 is 66.5. The lowest BCUT2D eigenvalue weighted by Gasteiger charge is -2.29. The highest BCUT2D eigenvalue weighted by molar-refractivity contribution is 7.89. The first kappa shape index (κ1) is 25.4. The number of benzene rings is 2. The van der Waals surface area contributed by atoms with Crippen molar-refractivity contribution in [2.45, 2.75) is 36.9 Å². The predicted molar refractivity (Wildman–Crippen MR) is 117 cm³/mol. The quantitative estimate of drug-likeness (QED) is 0.374. The lowest BCUT2D eigenvalue weighted by molar-refractivity contribution is -0.384. The van der Waals surface area contributed by atoms with Crippen LogP contribution in [0, 0.1) is 10.1 Å². The molecule has 33 heavy (non-hydrogen) atoms. The molecule has 0 radical (unpaired) electrons. The lowest BCUT2D eigenvalue weighted by Crippen LogP contribution is -2.40. The van der Waals surface area contributed by atoms with Crippen LogP contribution in [0.3, 0.4) is 0 Å². The van der Waals surface area contributed by atoms with Gasteiger partial charge < -0.3 is 4.90 Å². The van der Waals surface area contributed by atoms with Crippen LogP contribution in [0.15, 0.2) is 47.4 Å². The van der Waals surface area contributed by atoms with Crippen LogP contribution in [0.25, 0.3) is 0 Å². The summed E-state index contributed by atoms with van der Waals surface area (Å²) in [7, 11) is -4.19. The molecule has 0 atom stereocenters. The molecule has 180 valence electrons. The van der Waals surface area contributed by atoms with Crippen LogP contribution >= 0.6 is 11.6 Å². The minimum Gasteiger partial charge on any atom is -0.302 e. The van der Waals surface area contributed by atoms with Crippen molar-refractivity contribution in [3.05, 3.63) is 68.7 Å². The summed E-state index contributed by atoms with van der Waals surface area (Å²) in [4.78, 5) is 12.3. The Hall–Kier alpha value is -2.21. The highest BCUT2D eigenvalue weighted by Crippen LogP contribution is 2.31. The SMILES string of the molecule is O=[N+]([O-])c1cc(S(=O)(=O)N(CCN2CCCCC2)Cc2ccc(C(F)(F)F)cc2)ccc1Cl. The molecular formula is C21H23ClF3N3O4S. The molecular weight excluding hydrogens is 483 g/mol. The first-order valence-corrected chi connectivity index (χ1v) is 12.1. The summed E-state index contributed by atoms with van der Waals surface area (Å²) in [6, 6.07) is 7.50. The van der Waals surface area contributed by atoms with Crippen LogP contribution in [0.5, 0.6) is 0 Å². The Bertz CT molecular complexity index is 1090. The Morgan fingerprint density at radius 1 is 1.06 bits per heavy atom. The van der Waals surface area contributed by atoms with E-state index in [1.807, 2.05) is 0 Å². The molecule has 0 aromatic heterocycles. The third-order valence-corrected chi connectivity index (χ3v) is 7.67. The fraction of sp³-hybridized carbons (Fsp3) is 0.429. The second-order valence-electron chi connectivity index (χ2n) is 7.81. The number of alkyl halides is 3. The predicted octanol–water partition coefficient (Wildman–Crippen LogP) is 4.94. The van der Waals surface area contributed by atoms with Gasteiger partial charge in [-0.3, -0.25) is 10.1 Å². The van der Waals surface area contributed by atoms with Gasteiger partial charge in [0, 0.05) is 25.7 Å². The van der Waals surface area contributed by atoms with Gasteiger partial charge in [-0.1, -0.05) is 30.2 Å². The Kier molecular flexibility index (Phi) is 7.99. The maximum Gasteiger partial charge on any atom is 0.416 e. The van der Waals surface area contributed by atoms with E-state index in [1.165, 1.54) is 18.2 Å². The molecule has 0 aliphatic carbocycles. The van der Waals surface area contributed by atoms with Crippen LogP contribution < -0.4 is 0 Å². The smallest absolute Gasteiger partial charge is 0.302 e. The van der Waals surface area contributed by atoms with Gasteiger partial charge in [0.2, 0.25) is 10.0 Å². The molecule has 0 saturated carbocycles. The zero-order chi connectivity index (χ0) is 24.2. The number of nitro benzene ring substituents is 1. The molecule has 2 aromatic rings. The maximum absolute atomic E-state index is 13.4. The Balaban J connectivity index is 1.90. The van der Waals surface area contributed by atoms with Gasteiger partial charge in [-0.2, -0.15) is 17.5 Å². The van der Waals surface area contributed by atoms with Crippen molar-refractivity contribution in [3.63, 3.8) is 0 Å². The number of halogens is 4. The topological polar surface area (TPSA) is 83.8 Å². The molecule has 12 heteroatoms. The van der Waals surface area contributed by atoms with Gasteiger partial charge in [0.15, 0.2) is 0 Å². The van der Waals surface area contributed by atoms with Crippen LogP contribution in [-0.4, -0.2) is 48.7 Å². The van der Waals surface area contributed by atoms with Gasteiger partial charge in [-0.05, 0) is 55.8 Å². The molecule has 7 nitrogen and oxygen atoms in total. The molecule has 1 saturated heterocycles. The van der Waals surface area contributed by atoms with Gasteiger partial charge in [0.1, 0.15) is 5.02 Å². The van der Waals surface area contributed by atoms with E-state index in [4.69, 9.17) is 11.6 Å². The maximum atomic E-state index is 13.4. The van der Waals surface area contributed by atoms with Crippen LogP contribution in [0.2, 0.25) is 5.02 Å². The summed E-state index contributed by atoms with van der Waals surface area (Å²) in [5.41, 5.74) is -1.00. The van der Waals surface area contributed by atoms with E-state index in [-0.39, 0.29) is 23.0 Å². The third kappa shape index (κ3) is 6.44. The molecule has 0 N–H and O–H groups in total. The molecule has 1 heterocycles. The Labute approximate surface area is 195 Å². The van der Waals surface area contributed by atoms with E-state index < -0.39 is 32.4 Å². The van der Waals surface area contributed by atoms with Crippen molar-refractivity contribution >= 4 is 27.3 Å². The molecule has 0 bridgehead atoms. The van der Waals surface area contributed by atoms with Crippen LogP contribution in [-0.2, 0) is 22.7 Å². The minimum absolute atomic E-state index is 0.0831. The largest absolute Gasteiger partial charge is 0.416 e. The third-order valence-electron chi connectivity index (χ3n) is 5.51. The molecule has 0 amide bonds. The molecule has 1 aliphatic rings. The second kappa shape index (κ2) is 10.4. The number of rotatable bonds is 8. The zero-order valence-electron chi connectivity index (χ0n) is 17.6.